The van der Waals surface area contributed by atoms with Crippen LogP contribution in [0.1, 0.15) is 19.3 Å². The van der Waals surface area contributed by atoms with Crippen LogP contribution >= 0.6 is 12.4 Å². The molecule has 0 aliphatic carbocycles. The van der Waals surface area contributed by atoms with E-state index < -0.39 is 15.8 Å². The first-order chi connectivity index (χ1) is 12.0. The molecule has 2 fully saturated rings. The highest BCUT2D eigenvalue weighted by molar-refractivity contribution is 7.89. The lowest BCUT2D eigenvalue weighted by molar-refractivity contribution is 0.165. The van der Waals surface area contributed by atoms with Crippen LogP contribution in [-0.2, 0) is 14.8 Å². The molecule has 2 saturated heterocycles. The molecule has 148 valence electrons. The first kappa shape index (κ1) is 21.4. The molecule has 0 radical (unpaired) electrons. The molecule has 2 aliphatic heterocycles. The van der Waals surface area contributed by atoms with Gasteiger partial charge in [0.2, 0.25) is 10.0 Å². The molecule has 2 heterocycles. The number of hydrogen-bond acceptors (Lipinski definition) is 5. The number of benzene rings is 1. The van der Waals surface area contributed by atoms with Crippen LogP contribution in [-0.4, -0.2) is 58.7 Å². The lowest BCUT2D eigenvalue weighted by Crippen LogP contribution is -2.46. The number of nitrogens with zero attached hydrogens (tertiary/aromatic N) is 1. The summed E-state index contributed by atoms with van der Waals surface area (Å²) in [4.78, 5) is -0.0293. The summed E-state index contributed by atoms with van der Waals surface area (Å²) in [5.74, 6) is -0.311. The Balaban J connectivity index is 0.00000243. The first-order valence-corrected chi connectivity index (χ1v) is 10.1. The molecule has 0 aromatic heterocycles. The van der Waals surface area contributed by atoms with Crippen LogP contribution in [0.15, 0.2) is 23.1 Å². The maximum absolute atomic E-state index is 14.3. The van der Waals surface area contributed by atoms with Crippen molar-refractivity contribution < 1.29 is 22.3 Å². The predicted octanol–water partition coefficient (Wildman–Crippen LogP) is 2.04. The molecule has 6 nitrogen and oxygen atoms in total. The smallest absolute Gasteiger partial charge is 0.243 e. The van der Waals surface area contributed by atoms with Gasteiger partial charge in [0.25, 0.3) is 0 Å². The van der Waals surface area contributed by atoms with E-state index in [2.05, 4.69) is 5.32 Å². The number of hydrogen-bond donors (Lipinski definition) is 1. The SMILES string of the molecule is CNC1CCCN(S(=O)(=O)c2ccc(OCC3CCOC3)c(F)c2)C1.Cl. The molecule has 0 bridgehead atoms. The Morgan fingerprint density at radius 2 is 2.19 bits per heavy atom. The molecule has 1 aromatic carbocycles. The minimum atomic E-state index is -3.70. The van der Waals surface area contributed by atoms with Crippen LogP contribution < -0.4 is 10.1 Å². The standard InChI is InChI=1S/C17H25FN2O4S.ClH/c1-19-14-3-2-7-20(10-14)25(21,22)15-4-5-17(16(18)9-15)24-12-13-6-8-23-11-13;/h4-5,9,13-14,19H,2-3,6-8,10-12H2,1H3;1H. The van der Waals surface area contributed by atoms with Crippen molar-refractivity contribution in [2.24, 2.45) is 5.92 Å². The molecule has 2 atom stereocenters. The summed E-state index contributed by atoms with van der Waals surface area (Å²) in [6, 6.07) is 4.00. The van der Waals surface area contributed by atoms with Crippen LogP contribution in [0.4, 0.5) is 4.39 Å². The first-order valence-electron chi connectivity index (χ1n) is 8.68. The molecule has 3 rings (SSSR count). The monoisotopic (exact) mass is 408 g/mol. The summed E-state index contributed by atoms with van der Waals surface area (Å²) in [7, 11) is -1.88. The van der Waals surface area contributed by atoms with Crippen LogP contribution in [0.2, 0.25) is 0 Å². The number of sulfonamides is 1. The average Bonchev–Trinajstić information content (AvgIpc) is 3.14. The lowest BCUT2D eigenvalue weighted by Gasteiger charge is -2.31. The van der Waals surface area contributed by atoms with Gasteiger partial charge in [-0.3, -0.25) is 0 Å². The Kier molecular flexibility index (Phi) is 7.66. The Morgan fingerprint density at radius 3 is 2.85 bits per heavy atom. The highest BCUT2D eigenvalue weighted by atomic mass is 35.5. The van der Waals surface area contributed by atoms with Gasteiger partial charge in [0, 0.05) is 31.7 Å². The maximum Gasteiger partial charge on any atom is 0.243 e. The molecule has 26 heavy (non-hydrogen) atoms. The Labute approximate surface area is 160 Å². The third-order valence-electron chi connectivity index (χ3n) is 4.83. The van der Waals surface area contributed by atoms with Crippen LogP contribution in [0.3, 0.4) is 0 Å². The fourth-order valence-corrected chi connectivity index (χ4v) is 4.76. The van der Waals surface area contributed by atoms with E-state index in [4.69, 9.17) is 9.47 Å². The van der Waals surface area contributed by atoms with E-state index in [-0.39, 0.29) is 35.0 Å². The third kappa shape index (κ3) is 4.86. The molecule has 1 aromatic rings. The maximum atomic E-state index is 14.3. The van der Waals surface area contributed by atoms with E-state index in [1.54, 1.807) is 0 Å². The van der Waals surface area contributed by atoms with Gasteiger partial charge >= 0.3 is 0 Å². The van der Waals surface area contributed by atoms with Crippen molar-refractivity contribution in [3.05, 3.63) is 24.0 Å². The number of halogens is 2. The number of piperidine rings is 1. The summed E-state index contributed by atoms with van der Waals surface area (Å²) in [6.45, 7) is 2.56. The summed E-state index contributed by atoms with van der Waals surface area (Å²) in [5, 5.41) is 3.11. The second-order valence-electron chi connectivity index (χ2n) is 6.62. The normalized spacial score (nSPS) is 24.2. The number of nitrogens with one attached hydrogen (secondary N) is 1. The van der Waals surface area contributed by atoms with Gasteiger partial charge in [-0.05, 0) is 44.5 Å². The quantitative estimate of drug-likeness (QED) is 0.780. The molecule has 9 heteroatoms. The highest BCUT2D eigenvalue weighted by Gasteiger charge is 2.30. The zero-order chi connectivity index (χ0) is 17.9. The lowest BCUT2D eigenvalue weighted by atomic mass is 10.1. The zero-order valence-corrected chi connectivity index (χ0v) is 16.5. The van der Waals surface area contributed by atoms with Crippen LogP contribution in [0.5, 0.6) is 5.75 Å². The molecule has 0 spiro atoms. The average molecular weight is 409 g/mol. The predicted molar refractivity (Wildman–Crippen MR) is 98.9 cm³/mol. The molecular formula is C17H26ClFN2O4S. The minimum Gasteiger partial charge on any atom is -0.490 e. The second-order valence-corrected chi connectivity index (χ2v) is 8.56. The van der Waals surface area contributed by atoms with Gasteiger partial charge < -0.3 is 14.8 Å². The van der Waals surface area contributed by atoms with E-state index in [0.29, 0.717) is 32.9 Å². The fourth-order valence-electron chi connectivity index (χ4n) is 3.23. The van der Waals surface area contributed by atoms with Gasteiger partial charge in [0.1, 0.15) is 0 Å². The zero-order valence-electron chi connectivity index (χ0n) is 14.8. The van der Waals surface area contributed by atoms with Crippen molar-refractivity contribution in [3.63, 3.8) is 0 Å². The van der Waals surface area contributed by atoms with E-state index in [1.807, 2.05) is 7.05 Å². The minimum absolute atomic E-state index is 0. The highest BCUT2D eigenvalue weighted by Crippen LogP contribution is 2.26. The van der Waals surface area contributed by atoms with Crippen molar-refractivity contribution in [2.45, 2.75) is 30.2 Å². The number of rotatable bonds is 6. The molecule has 2 aliphatic rings. The fraction of sp³-hybridized carbons (Fsp3) is 0.647. The van der Waals surface area contributed by atoms with Gasteiger partial charge in [0.15, 0.2) is 11.6 Å². The Morgan fingerprint density at radius 1 is 1.38 bits per heavy atom. The summed E-state index contributed by atoms with van der Waals surface area (Å²) in [5.41, 5.74) is 0. The van der Waals surface area contributed by atoms with Crippen molar-refractivity contribution in [3.8, 4) is 5.75 Å². The van der Waals surface area contributed by atoms with Gasteiger partial charge in [-0.15, -0.1) is 12.4 Å². The molecular weight excluding hydrogens is 383 g/mol. The molecule has 0 saturated carbocycles. The van der Waals surface area contributed by atoms with E-state index in [1.165, 1.54) is 16.4 Å². The van der Waals surface area contributed by atoms with Gasteiger partial charge in [-0.25, -0.2) is 12.8 Å². The third-order valence-corrected chi connectivity index (χ3v) is 6.69. The van der Waals surface area contributed by atoms with Crippen molar-refractivity contribution in [1.82, 2.24) is 9.62 Å². The van der Waals surface area contributed by atoms with Crippen molar-refractivity contribution in [1.29, 1.82) is 0 Å². The number of likely N-dealkylation sites (N-methyl/N-ethyl adjacent to an activating group) is 1. The van der Waals surface area contributed by atoms with E-state index >= 15 is 0 Å². The molecule has 0 amide bonds. The van der Waals surface area contributed by atoms with Gasteiger partial charge in [-0.2, -0.15) is 4.31 Å². The summed E-state index contributed by atoms with van der Waals surface area (Å²) < 4.78 is 52.0. The van der Waals surface area contributed by atoms with Crippen LogP contribution in [0.25, 0.3) is 0 Å². The Hall–Kier alpha value is -0.930. The number of ether oxygens (including phenoxy) is 2. The van der Waals surface area contributed by atoms with Crippen molar-refractivity contribution in [2.75, 3.05) is 40.0 Å². The van der Waals surface area contributed by atoms with Gasteiger partial charge in [0.05, 0.1) is 18.1 Å². The second kappa shape index (κ2) is 9.32. The summed E-state index contributed by atoms with van der Waals surface area (Å²) in [6.07, 6.45) is 2.63. The Bertz CT molecular complexity index is 698. The topological polar surface area (TPSA) is 67.9 Å². The summed E-state index contributed by atoms with van der Waals surface area (Å²) >= 11 is 0. The van der Waals surface area contributed by atoms with E-state index in [9.17, 15) is 12.8 Å². The van der Waals surface area contributed by atoms with Crippen LogP contribution in [0, 0.1) is 11.7 Å². The van der Waals surface area contributed by atoms with E-state index in [0.717, 1.165) is 25.3 Å². The molecule has 1 N–H and O–H groups in total. The van der Waals surface area contributed by atoms with Crippen molar-refractivity contribution >= 4 is 22.4 Å². The molecule has 2 unspecified atom stereocenters. The van der Waals surface area contributed by atoms with Gasteiger partial charge in [-0.1, -0.05) is 0 Å². The largest absolute Gasteiger partial charge is 0.490 e.